The van der Waals surface area contributed by atoms with Crippen LogP contribution in [0.2, 0.25) is 0 Å². The minimum absolute atomic E-state index is 0.0649. The number of aliphatic hydroxyl groups excluding tert-OH is 1. The SMILES string of the molecule is C[C@@H](O)C(=O)N/N=C\c1ccc(OCC(=O)NC[C@@H]2CCCO2)cc1. The standard InChI is InChI=1S/C17H23N3O5/c1-12(21)17(23)20-19-9-13-4-6-14(7-5-13)25-11-16(22)18-10-15-3-2-8-24-15/h4-7,9,12,15,21H,2-3,8,10-11H2,1H3,(H,18,22)(H,20,23)/b19-9-/t12-,15+/m1/s1. The number of hydrogen-bond acceptors (Lipinski definition) is 6. The fourth-order valence-corrected chi connectivity index (χ4v) is 2.15. The largest absolute Gasteiger partial charge is 0.484 e. The van der Waals surface area contributed by atoms with E-state index in [0.717, 1.165) is 25.0 Å². The Hall–Kier alpha value is -2.45. The zero-order valence-electron chi connectivity index (χ0n) is 14.1. The number of hydrazone groups is 1. The fraction of sp³-hybridized carbons (Fsp3) is 0.471. The Morgan fingerprint density at radius 1 is 1.44 bits per heavy atom. The number of ether oxygens (including phenoxy) is 2. The van der Waals surface area contributed by atoms with Gasteiger partial charge in [0.2, 0.25) is 0 Å². The average Bonchev–Trinajstić information content (AvgIpc) is 3.12. The summed E-state index contributed by atoms with van der Waals surface area (Å²) in [6.07, 6.45) is 2.45. The maximum Gasteiger partial charge on any atom is 0.268 e. The van der Waals surface area contributed by atoms with Crippen molar-refractivity contribution in [3.63, 3.8) is 0 Å². The summed E-state index contributed by atoms with van der Waals surface area (Å²) in [5, 5.41) is 15.5. The molecule has 25 heavy (non-hydrogen) atoms. The molecule has 0 radical (unpaired) electrons. The topological polar surface area (TPSA) is 109 Å². The van der Waals surface area contributed by atoms with Crippen LogP contribution >= 0.6 is 0 Å². The van der Waals surface area contributed by atoms with Gasteiger partial charge in [0.1, 0.15) is 11.9 Å². The number of rotatable bonds is 8. The number of benzene rings is 1. The van der Waals surface area contributed by atoms with Crippen molar-refractivity contribution in [3.8, 4) is 5.75 Å². The molecule has 1 aromatic carbocycles. The van der Waals surface area contributed by atoms with E-state index in [1.165, 1.54) is 13.1 Å². The third-order valence-electron chi connectivity index (χ3n) is 3.57. The number of carbonyl (C=O) groups is 2. The van der Waals surface area contributed by atoms with Crippen molar-refractivity contribution < 1.29 is 24.2 Å². The molecule has 0 spiro atoms. The Bertz CT molecular complexity index is 595. The molecule has 0 unspecified atom stereocenters. The van der Waals surface area contributed by atoms with Crippen LogP contribution in [0.1, 0.15) is 25.3 Å². The average molecular weight is 349 g/mol. The summed E-state index contributed by atoms with van der Waals surface area (Å²) in [5.41, 5.74) is 2.95. The lowest BCUT2D eigenvalue weighted by atomic mass is 10.2. The summed E-state index contributed by atoms with van der Waals surface area (Å²) >= 11 is 0. The smallest absolute Gasteiger partial charge is 0.268 e. The Balaban J connectivity index is 1.69. The molecule has 0 aromatic heterocycles. The van der Waals surface area contributed by atoms with Crippen molar-refractivity contribution in [2.45, 2.75) is 32.0 Å². The van der Waals surface area contributed by atoms with Crippen LogP contribution in [0.3, 0.4) is 0 Å². The highest BCUT2D eigenvalue weighted by molar-refractivity contribution is 5.84. The number of carbonyl (C=O) groups excluding carboxylic acids is 2. The molecule has 2 rings (SSSR count). The second kappa shape index (κ2) is 9.75. The summed E-state index contributed by atoms with van der Waals surface area (Å²) in [5.74, 6) is -0.218. The van der Waals surface area contributed by atoms with Crippen LogP contribution < -0.4 is 15.5 Å². The zero-order valence-corrected chi connectivity index (χ0v) is 14.1. The first-order chi connectivity index (χ1) is 12.0. The number of hydrogen-bond donors (Lipinski definition) is 3. The molecule has 8 nitrogen and oxygen atoms in total. The summed E-state index contributed by atoms with van der Waals surface area (Å²) in [7, 11) is 0. The molecule has 1 aliphatic heterocycles. The molecule has 3 N–H and O–H groups in total. The van der Waals surface area contributed by atoms with Gasteiger partial charge >= 0.3 is 0 Å². The van der Waals surface area contributed by atoms with Crippen LogP contribution in [0.5, 0.6) is 5.75 Å². The molecule has 0 aliphatic carbocycles. The summed E-state index contributed by atoms with van der Waals surface area (Å²) in [4.78, 5) is 22.9. The molecule has 1 aromatic rings. The van der Waals surface area contributed by atoms with Crippen molar-refractivity contribution in [1.29, 1.82) is 0 Å². The van der Waals surface area contributed by atoms with Gasteiger partial charge in [0.25, 0.3) is 11.8 Å². The second-order valence-corrected chi connectivity index (χ2v) is 5.71. The van der Waals surface area contributed by atoms with Crippen molar-refractivity contribution in [3.05, 3.63) is 29.8 Å². The third-order valence-corrected chi connectivity index (χ3v) is 3.57. The highest BCUT2D eigenvalue weighted by atomic mass is 16.5. The Morgan fingerprint density at radius 3 is 2.84 bits per heavy atom. The van der Waals surface area contributed by atoms with E-state index in [4.69, 9.17) is 14.6 Å². The highest BCUT2D eigenvalue weighted by Gasteiger charge is 2.16. The van der Waals surface area contributed by atoms with Gasteiger partial charge in [0, 0.05) is 13.2 Å². The maximum absolute atomic E-state index is 11.7. The van der Waals surface area contributed by atoms with E-state index in [1.807, 2.05) is 0 Å². The zero-order chi connectivity index (χ0) is 18.1. The quantitative estimate of drug-likeness (QED) is 0.459. The number of nitrogens with zero attached hydrogens (tertiary/aromatic N) is 1. The van der Waals surface area contributed by atoms with Crippen LogP contribution in [-0.2, 0) is 14.3 Å². The maximum atomic E-state index is 11.7. The Labute approximate surface area is 146 Å². The minimum atomic E-state index is -1.11. The van der Waals surface area contributed by atoms with Crippen LogP contribution in [0.15, 0.2) is 29.4 Å². The van der Waals surface area contributed by atoms with Gasteiger partial charge in [-0.25, -0.2) is 5.43 Å². The molecule has 2 amide bonds. The molecular weight excluding hydrogens is 326 g/mol. The van der Waals surface area contributed by atoms with E-state index in [9.17, 15) is 9.59 Å². The van der Waals surface area contributed by atoms with Crippen molar-refractivity contribution in [2.24, 2.45) is 5.10 Å². The molecule has 136 valence electrons. The van der Waals surface area contributed by atoms with E-state index >= 15 is 0 Å². The van der Waals surface area contributed by atoms with Crippen LogP contribution in [0.4, 0.5) is 0 Å². The van der Waals surface area contributed by atoms with E-state index in [1.54, 1.807) is 24.3 Å². The predicted octanol–water partition coefficient (Wildman–Crippen LogP) is 0.192. The summed E-state index contributed by atoms with van der Waals surface area (Å²) < 4.78 is 10.8. The second-order valence-electron chi connectivity index (χ2n) is 5.71. The monoisotopic (exact) mass is 349 g/mol. The number of nitrogens with one attached hydrogen (secondary N) is 2. The van der Waals surface area contributed by atoms with E-state index in [-0.39, 0.29) is 18.6 Å². The number of aliphatic hydroxyl groups is 1. The van der Waals surface area contributed by atoms with Gasteiger partial charge in [-0.2, -0.15) is 5.10 Å². The van der Waals surface area contributed by atoms with Gasteiger partial charge in [0.05, 0.1) is 12.3 Å². The first-order valence-electron chi connectivity index (χ1n) is 8.17. The van der Waals surface area contributed by atoms with Crippen LogP contribution in [-0.4, -0.2) is 55.1 Å². The molecule has 8 heteroatoms. The van der Waals surface area contributed by atoms with Gasteiger partial charge in [-0.3, -0.25) is 9.59 Å². The van der Waals surface area contributed by atoms with Crippen molar-refractivity contribution >= 4 is 18.0 Å². The molecule has 1 saturated heterocycles. The highest BCUT2D eigenvalue weighted by Crippen LogP contribution is 2.12. The lowest BCUT2D eigenvalue weighted by molar-refractivity contribution is -0.128. The molecule has 1 fully saturated rings. The van der Waals surface area contributed by atoms with Crippen LogP contribution in [0.25, 0.3) is 0 Å². The number of amides is 2. The summed E-state index contributed by atoms with van der Waals surface area (Å²) in [6.45, 7) is 2.56. The molecule has 0 bridgehead atoms. The Morgan fingerprint density at radius 2 is 2.20 bits per heavy atom. The third kappa shape index (κ3) is 6.90. The lowest BCUT2D eigenvalue weighted by Crippen LogP contribution is -2.35. The van der Waals surface area contributed by atoms with Gasteiger partial charge in [-0.1, -0.05) is 0 Å². The molecule has 1 aliphatic rings. The Kier molecular flexibility index (Phi) is 7.36. The normalized spacial score (nSPS) is 18.1. The van der Waals surface area contributed by atoms with Crippen LogP contribution in [0, 0.1) is 0 Å². The predicted molar refractivity (Wildman–Crippen MR) is 91.3 cm³/mol. The van der Waals surface area contributed by atoms with Crippen molar-refractivity contribution in [1.82, 2.24) is 10.7 Å². The van der Waals surface area contributed by atoms with Crippen molar-refractivity contribution in [2.75, 3.05) is 19.8 Å². The lowest BCUT2D eigenvalue weighted by Gasteiger charge is -2.11. The minimum Gasteiger partial charge on any atom is -0.484 e. The van der Waals surface area contributed by atoms with Gasteiger partial charge in [0.15, 0.2) is 6.61 Å². The van der Waals surface area contributed by atoms with E-state index < -0.39 is 12.0 Å². The molecule has 0 saturated carbocycles. The van der Waals surface area contributed by atoms with E-state index in [2.05, 4.69) is 15.8 Å². The molecular formula is C17H23N3O5. The van der Waals surface area contributed by atoms with Gasteiger partial charge < -0.3 is 19.9 Å². The first kappa shape index (κ1) is 18.9. The fourth-order valence-electron chi connectivity index (χ4n) is 2.15. The molecule has 2 atom stereocenters. The summed E-state index contributed by atoms with van der Waals surface area (Å²) in [6, 6.07) is 6.87. The first-order valence-corrected chi connectivity index (χ1v) is 8.17. The van der Waals surface area contributed by atoms with E-state index in [0.29, 0.717) is 12.3 Å². The van der Waals surface area contributed by atoms with Gasteiger partial charge in [-0.15, -0.1) is 0 Å². The molecule has 1 heterocycles. The van der Waals surface area contributed by atoms with Gasteiger partial charge in [-0.05, 0) is 49.6 Å².